The second-order valence-corrected chi connectivity index (χ2v) is 5.43. The molecular formula is C14H24N2O3. The number of piperazine rings is 1. The Morgan fingerprint density at radius 3 is 2.68 bits per heavy atom. The zero-order valence-corrected chi connectivity index (χ0v) is 11.7. The summed E-state index contributed by atoms with van der Waals surface area (Å²) in [6.45, 7) is 4.05. The minimum Gasteiger partial charge on any atom is -0.380 e. The zero-order chi connectivity index (χ0) is 13.7. The lowest BCUT2D eigenvalue weighted by Gasteiger charge is -2.43. The van der Waals surface area contributed by atoms with Gasteiger partial charge in [0.25, 0.3) is 0 Å². The maximum Gasteiger partial charge on any atom is 0.246 e. The topological polar surface area (TPSA) is 58.6 Å². The van der Waals surface area contributed by atoms with E-state index in [-0.39, 0.29) is 18.4 Å². The number of carbonyl (C=O) groups excluding carboxylic acids is 2. The first kappa shape index (κ1) is 14.3. The summed E-state index contributed by atoms with van der Waals surface area (Å²) >= 11 is 0. The summed E-state index contributed by atoms with van der Waals surface area (Å²) in [5.74, 6) is 0.0544. The third kappa shape index (κ3) is 2.91. The molecule has 0 bridgehead atoms. The van der Waals surface area contributed by atoms with Crippen molar-refractivity contribution < 1.29 is 14.3 Å². The molecule has 108 valence electrons. The molecule has 5 nitrogen and oxygen atoms in total. The first-order valence-electron chi connectivity index (χ1n) is 7.37. The van der Waals surface area contributed by atoms with Gasteiger partial charge in [0.05, 0.1) is 13.2 Å². The zero-order valence-electron chi connectivity index (χ0n) is 11.7. The number of rotatable bonds is 6. The van der Waals surface area contributed by atoms with E-state index in [1.807, 2.05) is 0 Å². The van der Waals surface area contributed by atoms with Crippen LogP contribution in [0.25, 0.3) is 0 Å². The standard InChI is InChI=1S/C14H24N2O3/c1-2-3-9-19-10-8-16-12(17)11-15-13(18)14(16)6-4-5-7-14/h2-11H2,1H3,(H,15,18). The van der Waals surface area contributed by atoms with Crippen LogP contribution in [-0.2, 0) is 14.3 Å². The van der Waals surface area contributed by atoms with Crippen LogP contribution in [-0.4, -0.2) is 48.6 Å². The molecule has 1 aliphatic heterocycles. The van der Waals surface area contributed by atoms with Gasteiger partial charge in [-0.05, 0) is 19.3 Å². The van der Waals surface area contributed by atoms with Crippen LogP contribution in [0.5, 0.6) is 0 Å². The highest BCUT2D eigenvalue weighted by atomic mass is 16.5. The Hall–Kier alpha value is -1.10. The number of nitrogens with one attached hydrogen (secondary N) is 1. The van der Waals surface area contributed by atoms with Crippen LogP contribution in [0.3, 0.4) is 0 Å². The summed E-state index contributed by atoms with van der Waals surface area (Å²) in [4.78, 5) is 26.0. The van der Waals surface area contributed by atoms with Crippen LogP contribution in [0.1, 0.15) is 45.4 Å². The molecule has 1 aliphatic carbocycles. The molecule has 0 unspecified atom stereocenters. The molecule has 2 rings (SSSR count). The molecule has 2 amide bonds. The van der Waals surface area contributed by atoms with E-state index in [1.54, 1.807) is 4.90 Å². The molecule has 2 fully saturated rings. The number of hydrogen-bond donors (Lipinski definition) is 1. The lowest BCUT2D eigenvalue weighted by Crippen LogP contribution is -2.66. The molecule has 2 aliphatic rings. The van der Waals surface area contributed by atoms with Crippen LogP contribution >= 0.6 is 0 Å². The van der Waals surface area contributed by atoms with Gasteiger partial charge in [0.15, 0.2) is 0 Å². The molecule has 0 aromatic heterocycles. The number of amides is 2. The van der Waals surface area contributed by atoms with Gasteiger partial charge in [-0.1, -0.05) is 26.2 Å². The number of unbranched alkanes of at least 4 members (excludes halogenated alkanes) is 1. The highest BCUT2D eigenvalue weighted by molar-refractivity contribution is 5.98. The van der Waals surface area contributed by atoms with Crippen LogP contribution < -0.4 is 5.32 Å². The fourth-order valence-electron chi connectivity index (χ4n) is 3.08. The van der Waals surface area contributed by atoms with Crippen LogP contribution in [0, 0.1) is 0 Å². The van der Waals surface area contributed by atoms with E-state index in [0.29, 0.717) is 13.2 Å². The molecule has 0 aromatic carbocycles. The summed E-state index contributed by atoms with van der Waals surface area (Å²) in [7, 11) is 0. The summed E-state index contributed by atoms with van der Waals surface area (Å²) < 4.78 is 5.54. The minimum absolute atomic E-state index is 0.0261. The van der Waals surface area contributed by atoms with Crippen molar-refractivity contribution in [3.05, 3.63) is 0 Å². The lowest BCUT2D eigenvalue weighted by atomic mass is 9.91. The van der Waals surface area contributed by atoms with E-state index >= 15 is 0 Å². The van der Waals surface area contributed by atoms with Crippen molar-refractivity contribution in [2.45, 2.75) is 51.0 Å². The SMILES string of the molecule is CCCCOCCN1C(=O)CNC(=O)C12CCCC2. The molecule has 1 spiro atoms. The molecule has 19 heavy (non-hydrogen) atoms. The monoisotopic (exact) mass is 268 g/mol. The highest BCUT2D eigenvalue weighted by Gasteiger charge is 2.50. The van der Waals surface area contributed by atoms with Crippen molar-refractivity contribution in [1.29, 1.82) is 0 Å². The van der Waals surface area contributed by atoms with Gasteiger partial charge in [0.2, 0.25) is 11.8 Å². The Bertz CT molecular complexity index is 338. The van der Waals surface area contributed by atoms with Gasteiger partial charge >= 0.3 is 0 Å². The smallest absolute Gasteiger partial charge is 0.246 e. The molecule has 1 heterocycles. The third-order valence-corrected chi connectivity index (χ3v) is 4.17. The molecular weight excluding hydrogens is 244 g/mol. The number of nitrogens with zero attached hydrogens (tertiary/aromatic N) is 1. The van der Waals surface area contributed by atoms with Crippen molar-refractivity contribution >= 4 is 11.8 Å². The Kier molecular flexibility index (Phi) is 4.80. The van der Waals surface area contributed by atoms with E-state index in [0.717, 1.165) is 45.1 Å². The summed E-state index contributed by atoms with van der Waals surface area (Å²) in [6, 6.07) is 0. The van der Waals surface area contributed by atoms with E-state index < -0.39 is 5.54 Å². The van der Waals surface area contributed by atoms with Crippen molar-refractivity contribution in [2.24, 2.45) is 0 Å². The first-order chi connectivity index (χ1) is 9.20. The third-order valence-electron chi connectivity index (χ3n) is 4.17. The van der Waals surface area contributed by atoms with Crippen molar-refractivity contribution in [3.8, 4) is 0 Å². The van der Waals surface area contributed by atoms with Crippen LogP contribution in [0.15, 0.2) is 0 Å². The van der Waals surface area contributed by atoms with E-state index in [9.17, 15) is 9.59 Å². The summed E-state index contributed by atoms with van der Waals surface area (Å²) in [5.41, 5.74) is -0.580. The van der Waals surface area contributed by atoms with Crippen LogP contribution in [0.4, 0.5) is 0 Å². The second kappa shape index (κ2) is 6.37. The Morgan fingerprint density at radius 1 is 1.26 bits per heavy atom. The normalized spacial score (nSPS) is 22.1. The second-order valence-electron chi connectivity index (χ2n) is 5.43. The molecule has 0 aromatic rings. The van der Waals surface area contributed by atoms with E-state index in [2.05, 4.69) is 12.2 Å². The molecule has 1 saturated carbocycles. The largest absolute Gasteiger partial charge is 0.380 e. The quantitative estimate of drug-likeness (QED) is 0.733. The maximum absolute atomic E-state index is 12.2. The molecule has 1 saturated heterocycles. The highest BCUT2D eigenvalue weighted by Crippen LogP contribution is 2.37. The Balaban J connectivity index is 1.94. The van der Waals surface area contributed by atoms with Gasteiger partial charge in [0.1, 0.15) is 5.54 Å². The van der Waals surface area contributed by atoms with E-state index in [1.165, 1.54) is 0 Å². The molecule has 1 N–H and O–H groups in total. The lowest BCUT2D eigenvalue weighted by molar-refractivity contribution is -0.154. The van der Waals surface area contributed by atoms with Gasteiger partial charge in [-0.3, -0.25) is 9.59 Å². The maximum atomic E-state index is 12.2. The Morgan fingerprint density at radius 2 is 2.00 bits per heavy atom. The summed E-state index contributed by atoms with van der Waals surface area (Å²) in [6.07, 6.45) is 5.77. The minimum atomic E-state index is -0.580. The molecule has 5 heteroatoms. The van der Waals surface area contributed by atoms with Gasteiger partial charge in [-0.2, -0.15) is 0 Å². The number of hydrogen-bond acceptors (Lipinski definition) is 3. The molecule has 0 atom stereocenters. The average Bonchev–Trinajstić information content (AvgIpc) is 2.88. The van der Waals surface area contributed by atoms with E-state index in [4.69, 9.17) is 4.74 Å². The van der Waals surface area contributed by atoms with Gasteiger partial charge in [0, 0.05) is 13.2 Å². The van der Waals surface area contributed by atoms with Gasteiger partial charge in [-0.25, -0.2) is 0 Å². The average molecular weight is 268 g/mol. The predicted octanol–water partition coefficient (Wildman–Crippen LogP) is 1.07. The predicted molar refractivity (Wildman–Crippen MR) is 71.6 cm³/mol. The summed E-state index contributed by atoms with van der Waals surface area (Å²) in [5, 5.41) is 2.73. The Labute approximate surface area is 114 Å². The van der Waals surface area contributed by atoms with Crippen molar-refractivity contribution in [3.63, 3.8) is 0 Å². The fourth-order valence-corrected chi connectivity index (χ4v) is 3.08. The number of ether oxygens (including phenoxy) is 1. The van der Waals surface area contributed by atoms with Gasteiger partial charge in [-0.15, -0.1) is 0 Å². The number of carbonyl (C=O) groups is 2. The molecule has 0 radical (unpaired) electrons. The first-order valence-corrected chi connectivity index (χ1v) is 7.37. The van der Waals surface area contributed by atoms with Crippen LogP contribution in [0.2, 0.25) is 0 Å². The van der Waals surface area contributed by atoms with Crippen molar-refractivity contribution in [2.75, 3.05) is 26.3 Å². The fraction of sp³-hybridized carbons (Fsp3) is 0.857. The van der Waals surface area contributed by atoms with Gasteiger partial charge < -0.3 is 15.0 Å². The van der Waals surface area contributed by atoms with Crippen molar-refractivity contribution in [1.82, 2.24) is 10.2 Å².